The molecule has 3 atom stereocenters. The van der Waals surface area contributed by atoms with Crippen LogP contribution < -0.4 is 0 Å². The number of aliphatic carboxylic acids is 1. The summed E-state index contributed by atoms with van der Waals surface area (Å²) in [5, 5.41) is 9.36. The fourth-order valence-electron chi connectivity index (χ4n) is 2.48. The SMILES string of the molecule is CCCCC(C(=O)O)C1OC(OC)(c2ccccc2)OC1=O. The quantitative estimate of drug-likeness (QED) is 0.778. The zero-order valence-corrected chi connectivity index (χ0v) is 12.7. The maximum Gasteiger partial charge on any atom is 0.359 e. The first-order valence-electron chi connectivity index (χ1n) is 7.28. The van der Waals surface area contributed by atoms with Crippen molar-refractivity contribution in [2.24, 2.45) is 5.92 Å². The molecule has 0 amide bonds. The molecular weight excluding hydrogens is 288 g/mol. The number of ether oxygens (including phenoxy) is 3. The van der Waals surface area contributed by atoms with Crippen LogP contribution in [-0.4, -0.2) is 30.3 Å². The summed E-state index contributed by atoms with van der Waals surface area (Å²) in [7, 11) is 1.35. The number of benzene rings is 1. The van der Waals surface area contributed by atoms with Gasteiger partial charge in [0.15, 0.2) is 6.10 Å². The second kappa shape index (κ2) is 6.89. The number of methoxy groups -OCH3 is 1. The molecule has 1 N–H and O–H groups in total. The number of rotatable bonds is 7. The van der Waals surface area contributed by atoms with E-state index in [2.05, 4.69) is 0 Å². The average molecular weight is 308 g/mol. The van der Waals surface area contributed by atoms with Crippen LogP contribution in [0.3, 0.4) is 0 Å². The Morgan fingerprint density at radius 1 is 1.41 bits per heavy atom. The number of hydrogen-bond donors (Lipinski definition) is 1. The Kier molecular flexibility index (Phi) is 5.15. The molecule has 0 spiro atoms. The van der Waals surface area contributed by atoms with E-state index in [9.17, 15) is 14.7 Å². The summed E-state index contributed by atoms with van der Waals surface area (Å²) in [6.07, 6.45) is 0.694. The third-order valence-corrected chi connectivity index (χ3v) is 3.70. The van der Waals surface area contributed by atoms with Gasteiger partial charge in [-0.1, -0.05) is 38.0 Å². The lowest BCUT2D eigenvalue weighted by atomic mass is 9.96. The Morgan fingerprint density at radius 2 is 2.09 bits per heavy atom. The molecule has 1 aromatic rings. The minimum absolute atomic E-state index is 0.347. The van der Waals surface area contributed by atoms with Crippen molar-refractivity contribution in [2.75, 3.05) is 7.11 Å². The Labute approximate surface area is 129 Å². The molecule has 1 saturated heterocycles. The number of carbonyl (C=O) groups is 2. The Morgan fingerprint density at radius 3 is 2.64 bits per heavy atom. The van der Waals surface area contributed by atoms with Crippen LogP contribution in [0.1, 0.15) is 31.7 Å². The number of carboxylic acids is 1. The number of cyclic esters (lactones) is 1. The van der Waals surface area contributed by atoms with Gasteiger partial charge in [0.1, 0.15) is 0 Å². The topological polar surface area (TPSA) is 82.1 Å². The van der Waals surface area contributed by atoms with Crippen molar-refractivity contribution in [3.8, 4) is 0 Å². The number of hydrogen-bond acceptors (Lipinski definition) is 5. The van der Waals surface area contributed by atoms with E-state index >= 15 is 0 Å². The van der Waals surface area contributed by atoms with Gasteiger partial charge in [0.2, 0.25) is 0 Å². The zero-order valence-electron chi connectivity index (χ0n) is 12.7. The van der Waals surface area contributed by atoms with E-state index in [1.165, 1.54) is 7.11 Å². The molecule has 0 aliphatic carbocycles. The van der Waals surface area contributed by atoms with Crippen molar-refractivity contribution in [1.29, 1.82) is 0 Å². The first-order valence-corrected chi connectivity index (χ1v) is 7.28. The Hall–Kier alpha value is -1.92. The van der Waals surface area contributed by atoms with Gasteiger partial charge < -0.3 is 14.6 Å². The summed E-state index contributed by atoms with van der Waals surface area (Å²) in [5.74, 6) is -4.42. The first-order chi connectivity index (χ1) is 10.5. The monoisotopic (exact) mass is 308 g/mol. The fourth-order valence-corrected chi connectivity index (χ4v) is 2.48. The van der Waals surface area contributed by atoms with Crippen molar-refractivity contribution < 1.29 is 28.9 Å². The first kappa shape index (κ1) is 16.5. The standard InChI is InChI=1S/C16H20O6/c1-3-4-10-12(14(17)18)13-15(19)22-16(20-2,21-13)11-8-6-5-7-9-11/h5-9,12-13H,3-4,10H2,1-2H3,(H,17,18). The number of carboxylic acid groups (broad SMARTS) is 1. The van der Waals surface area contributed by atoms with Crippen LogP contribution in [0.2, 0.25) is 0 Å². The van der Waals surface area contributed by atoms with Gasteiger partial charge in [0, 0.05) is 7.11 Å². The van der Waals surface area contributed by atoms with E-state index in [4.69, 9.17) is 14.2 Å². The van der Waals surface area contributed by atoms with Gasteiger partial charge in [-0.25, -0.2) is 4.79 Å². The molecule has 1 aliphatic heterocycles. The molecule has 120 valence electrons. The molecule has 3 unspecified atom stereocenters. The van der Waals surface area contributed by atoms with Gasteiger partial charge in [-0.3, -0.25) is 9.53 Å². The molecule has 1 aliphatic rings. The Bertz CT molecular complexity index is 529. The molecule has 0 bridgehead atoms. The van der Waals surface area contributed by atoms with Crippen LogP contribution in [-0.2, 0) is 29.8 Å². The molecule has 6 heteroatoms. The summed E-state index contributed by atoms with van der Waals surface area (Å²) in [6, 6.07) is 8.71. The van der Waals surface area contributed by atoms with Gasteiger partial charge in [0.25, 0.3) is 0 Å². The van der Waals surface area contributed by atoms with Crippen LogP contribution in [0.4, 0.5) is 0 Å². The third-order valence-electron chi connectivity index (χ3n) is 3.70. The second-order valence-electron chi connectivity index (χ2n) is 5.17. The maximum absolute atomic E-state index is 12.1. The van der Waals surface area contributed by atoms with Crippen LogP contribution in [0.15, 0.2) is 30.3 Å². The lowest BCUT2D eigenvalue weighted by molar-refractivity contribution is -0.335. The molecule has 6 nitrogen and oxygen atoms in total. The number of carbonyl (C=O) groups excluding carboxylic acids is 1. The lowest BCUT2D eigenvalue weighted by Crippen LogP contribution is -2.35. The van der Waals surface area contributed by atoms with Crippen molar-refractivity contribution in [2.45, 2.75) is 38.3 Å². The molecule has 0 aromatic heterocycles. The number of unbranched alkanes of at least 4 members (excludes halogenated alkanes) is 1. The second-order valence-corrected chi connectivity index (χ2v) is 5.17. The highest BCUT2D eigenvalue weighted by molar-refractivity contribution is 5.84. The third kappa shape index (κ3) is 3.13. The van der Waals surface area contributed by atoms with Crippen molar-refractivity contribution in [3.63, 3.8) is 0 Å². The van der Waals surface area contributed by atoms with E-state index in [0.29, 0.717) is 18.4 Å². The minimum atomic E-state index is -1.68. The summed E-state index contributed by atoms with van der Waals surface area (Å²) in [4.78, 5) is 23.6. The molecule has 0 radical (unpaired) electrons. The van der Waals surface area contributed by atoms with Crippen molar-refractivity contribution in [1.82, 2.24) is 0 Å². The molecule has 1 heterocycles. The predicted molar refractivity (Wildman–Crippen MR) is 76.7 cm³/mol. The predicted octanol–water partition coefficient (Wildman–Crippen LogP) is 2.28. The van der Waals surface area contributed by atoms with E-state index in [1.54, 1.807) is 24.3 Å². The molecule has 1 fully saturated rings. The average Bonchev–Trinajstić information content (AvgIpc) is 2.87. The van der Waals surface area contributed by atoms with E-state index in [-0.39, 0.29) is 0 Å². The maximum atomic E-state index is 12.1. The summed E-state index contributed by atoms with van der Waals surface area (Å²) < 4.78 is 16.2. The van der Waals surface area contributed by atoms with E-state index < -0.39 is 29.9 Å². The zero-order chi connectivity index (χ0) is 16.2. The summed E-state index contributed by atoms with van der Waals surface area (Å²) >= 11 is 0. The van der Waals surface area contributed by atoms with Crippen molar-refractivity contribution in [3.05, 3.63) is 35.9 Å². The molecule has 1 aromatic carbocycles. The lowest BCUT2D eigenvalue weighted by Gasteiger charge is -2.25. The highest BCUT2D eigenvalue weighted by Gasteiger charge is 2.54. The van der Waals surface area contributed by atoms with Gasteiger partial charge in [-0.15, -0.1) is 0 Å². The van der Waals surface area contributed by atoms with E-state index in [0.717, 1.165) is 6.42 Å². The van der Waals surface area contributed by atoms with Gasteiger partial charge in [-0.05, 0) is 18.6 Å². The highest BCUT2D eigenvalue weighted by atomic mass is 16.9. The summed E-state index contributed by atoms with van der Waals surface area (Å²) in [5.41, 5.74) is 0.507. The highest BCUT2D eigenvalue weighted by Crippen LogP contribution is 2.38. The van der Waals surface area contributed by atoms with Gasteiger partial charge >= 0.3 is 17.9 Å². The molecule has 22 heavy (non-hydrogen) atoms. The Balaban J connectivity index is 2.26. The van der Waals surface area contributed by atoms with Gasteiger partial charge in [0.05, 0.1) is 11.5 Å². The number of esters is 1. The molecule has 0 saturated carbocycles. The largest absolute Gasteiger partial charge is 0.481 e. The van der Waals surface area contributed by atoms with Crippen molar-refractivity contribution >= 4 is 11.9 Å². The molecular formula is C16H20O6. The van der Waals surface area contributed by atoms with Crippen LogP contribution in [0, 0.1) is 5.92 Å². The van der Waals surface area contributed by atoms with Crippen LogP contribution in [0.25, 0.3) is 0 Å². The fraction of sp³-hybridized carbons (Fsp3) is 0.500. The molecule has 2 rings (SSSR count). The minimum Gasteiger partial charge on any atom is -0.481 e. The van der Waals surface area contributed by atoms with E-state index in [1.807, 2.05) is 13.0 Å². The normalized spacial score (nSPS) is 25.7. The summed E-state index contributed by atoms with van der Waals surface area (Å²) in [6.45, 7) is 1.95. The van der Waals surface area contributed by atoms with Gasteiger partial charge in [-0.2, -0.15) is 0 Å². The smallest absolute Gasteiger partial charge is 0.359 e. The van der Waals surface area contributed by atoms with Crippen LogP contribution >= 0.6 is 0 Å². The van der Waals surface area contributed by atoms with Crippen LogP contribution in [0.5, 0.6) is 0 Å².